The highest BCUT2D eigenvalue weighted by Crippen LogP contribution is 2.43. The molecule has 59 heavy (non-hydrogen) atoms. The first-order valence-electron chi connectivity index (χ1n) is 20.9. The van der Waals surface area contributed by atoms with Crippen molar-refractivity contribution in [2.75, 3.05) is 0 Å². The van der Waals surface area contributed by atoms with Crippen LogP contribution in [0.3, 0.4) is 0 Å². The molecule has 0 saturated heterocycles. The molecule has 0 amide bonds. The molecule has 0 nitrogen and oxygen atoms in total. The van der Waals surface area contributed by atoms with E-state index in [9.17, 15) is 0 Å². The van der Waals surface area contributed by atoms with E-state index >= 15 is 0 Å². The maximum absolute atomic E-state index is 2.43. The molecule has 0 spiro atoms. The van der Waals surface area contributed by atoms with Crippen LogP contribution >= 0.6 is 0 Å². The first-order chi connectivity index (χ1) is 29.2. The largest absolute Gasteiger partial charge is 0.0836 e. The van der Waals surface area contributed by atoms with Gasteiger partial charge in [0, 0.05) is 5.92 Å². The first-order valence-corrected chi connectivity index (χ1v) is 20.9. The highest BCUT2D eigenvalue weighted by Gasteiger charge is 2.23. The van der Waals surface area contributed by atoms with Gasteiger partial charge >= 0.3 is 0 Å². The van der Waals surface area contributed by atoms with Crippen LogP contribution in [0.4, 0.5) is 0 Å². The molecule has 9 rings (SSSR count). The van der Waals surface area contributed by atoms with E-state index in [-0.39, 0.29) is 5.92 Å². The van der Waals surface area contributed by atoms with E-state index in [4.69, 9.17) is 0 Å². The van der Waals surface area contributed by atoms with Crippen molar-refractivity contribution >= 4 is 5.57 Å². The average molecular weight is 759 g/mol. The molecule has 0 saturated carbocycles. The van der Waals surface area contributed by atoms with Gasteiger partial charge in [-0.05, 0) is 115 Å². The van der Waals surface area contributed by atoms with E-state index in [1.165, 1.54) is 89.0 Å². The van der Waals surface area contributed by atoms with Gasteiger partial charge < -0.3 is 0 Å². The smallest absolute Gasteiger partial charge is 0.0130 e. The third-order valence-corrected chi connectivity index (χ3v) is 11.3. The Hall–Kier alpha value is -7.02. The van der Waals surface area contributed by atoms with Gasteiger partial charge in [0.25, 0.3) is 0 Å². The van der Waals surface area contributed by atoms with Crippen LogP contribution in [0.5, 0.6) is 0 Å². The zero-order chi connectivity index (χ0) is 40.4. The summed E-state index contributed by atoms with van der Waals surface area (Å²) < 4.78 is 0. The molecule has 1 aliphatic rings. The molecule has 0 radical (unpaired) electrons. The number of hydrogen-bond acceptors (Lipinski definition) is 0. The van der Waals surface area contributed by atoms with Crippen molar-refractivity contribution in [1.82, 2.24) is 0 Å². The lowest BCUT2D eigenvalue weighted by atomic mass is 9.79. The van der Waals surface area contributed by atoms with Gasteiger partial charge in [-0.2, -0.15) is 0 Å². The van der Waals surface area contributed by atoms with Crippen LogP contribution in [0.25, 0.3) is 61.2 Å². The summed E-state index contributed by atoms with van der Waals surface area (Å²) in [6.45, 7) is 6.27. The van der Waals surface area contributed by atoms with Crippen molar-refractivity contribution in [3.05, 3.63) is 258 Å². The number of benzene rings is 8. The molecule has 0 N–H and O–H groups in total. The van der Waals surface area contributed by atoms with Crippen molar-refractivity contribution < 1.29 is 0 Å². The molecule has 0 fully saturated rings. The molecule has 8 aromatic carbocycles. The van der Waals surface area contributed by atoms with Gasteiger partial charge in [-0.25, -0.2) is 0 Å². The predicted molar refractivity (Wildman–Crippen MR) is 254 cm³/mol. The lowest BCUT2D eigenvalue weighted by Gasteiger charge is -2.25. The van der Waals surface area contributed by atoms with Gasteiger partial charge in [-0.3, -0.25) is 0 Å². The lowest BCUT2D eigenvalue weighted by molar-refractivity contribution is 0.826. The Morgan fingerprint density at radius 1 is 0.356 bits per heavy atom. The highest BCUT2D eigenvalue weighted by molar-refractivity contribution is 5.94. The van der Waals surface area contributed by atoms with E-state index in [2.05, 4.69) is 237 Å². The summed E-state index contributed by atoms with van der Waals surface area (Å²) in [5.41, 5.74) is 19.8. The van der Waals surface area contributed by atoms with Crippen LogP contribution in [0, 0.1) is 0 Å². The Bertz CT molecular complexity index is 2710. The Kier molecular flexibility index (Phi) is 12.2. The summed E-state index contributed by atoms with van der Waals surface area (Å²) in [6, 6.07) is 75.3. The highest BCUT2D eigenvalue weighted by atomic mass is 14.3. The van der Waals surface area contributed by atoms with Gasteiger partial charge in [-0.1, -0.05) is 232 Å². The van der Waals surface area contributed by atoms with Crippen molar-refractivity contribution in [2.45, 2.75) is 33.1 Å². The Balaban J connectivity index is 0.00000238. The van der Waals surface area contributed by atoms with E-state index in [1.807, 2.05) is 13.8 Å². The molecule has 0 aliphatic heterocycles. The predicted octanol–water partition coefficient (Wildman–Crippen LogP) is 16.5. The second-order valence-corrected chi connectivity index (χ2v) is 14.9. The lowest BCUT2D eigenvalue weighted by Crippen LogP contribution is -2.06. The summed E-state index contributed by atoms with van der Waals surface area (Å²) in [6.07, 6.45) is 9.93. The van der Waals surface area contributed by atoms with Gasteiger partial charge in [0.05, 0.1) is 0 Å². The van der Waals surface area contributed by atoms with Crippen molar-refractivity contribution in [3.63, 3.8) is 0 Å². The molecule has 1 aliphatic carbocycles. The van der Waals surface area contributed by atoms with Crippen LogP contribution in [0.2, 0.25) is 0 Å². The van der Waals surface area contributed by atoms with Crippen LogP contribution in [0.1, 0.15) is 55.4 Å². The first kappa shape index (κ1) is 38.8. The van der Waals surface area contributed by atoms with Crippen LogP contribution < -0.4 is 0 Å². The molecule has 286 valence electrons. The average Bonchev–Trinajstić information content (AvgIpc) is 3.32. The molecule has 0 bridgehead atoms. The Morgan fingerprint density at radius 2 is 0.814 bits per heavy atom. The minimum absolute atomic E-state index is 0.218. The van der Waals surface area contributed by atoms with E-state index in [0.717, 1.165) is 6.42 Å². The molecule has 8 aromatic rings. The van der Waals surface area contributed by atoms with Gasteiger partial charge in [0.15, 0.2) is 0 Å². The topological polar surface area (TPSA) is 0 Å². The minimum atomic E-state index is 0.218. The van der Waals surface area contributed by atoms with Crippen molar-refractivity contribution in [3.8, 4) is 55.6 Å². The maximum Gasteiger partial charge on any atom is 0.0130 e. The fourth-order valence-corrected chi connectivity index (χ4v) is 8.32. The van der Waals surface area contributed by atoms with E-state index < -0.39 is 0 Å². The van der Waals surface area contributed by atoms with Crippen LogP contribution in [0.15, 0.2) is 236 Å². The summed E-state index contributed by atoms with van der Waals surface area (Å²) in [5, 5.41) is 0. The number of hydrogen-bond donors (Lipinski definition) is 0. The zero-order valence-corrected chi connectivity index (χ0v) is 34.2. The SMILES string of the molecule is CC.CC1=C(/c2cc(-c3ccc(-c4ccc(-c5ccccc5)cc4)cc3)ccc2-c2cccc(-c3ccccc3)c2)c2ccccc2C(c2ccccc2)C/C=C/C=C\1. The third-order valence-electron chi connectivity index (χ3n) is 11.3. The third kappa shape index (κ3) is 8.64. The molecule has 1 atom stereocenters. The summed E-state index contributed by atoms with van der Waals surface area (Å²) >= 11 is 0. The molecule has 0 heteroatoms. The van der Waals surface area contributed by atoms with Crippen molar-refractivity contribution in [2.24, 2.45) is 0 Å². The summed E-state index contributed by atoms with van der Waals surface area (Å²) in [4.78, 5) is 0. The molecular formula is C59H50. The monoisotopic (exact) mass is 758 g/mol. The van der Waals surface area contributed by atoms with Gasteiger partial charge in [0.1, 0.15) is 0 Å². The van der Waals surface area contributed by atoms with Gasteiger partial charge in [-0.15, -0.1) is 0 Å². The molecule has 1 unspecified atom stereocenters. The maximum atomic E-state index is 2.43. The summed E-state index contributed by atoms with van der Waals surface area (Å²) in [5.74, 6) is 0.218. The summed E-state index contributed by atoms with van der Waals surface area (Å²) in [7, 11) is 0. The number of rotatable bonds is 7. The second kappa shape index (κ2) is 18.5. The molecule has 0 heterocycles. The molecule has 0 aromatic heterocycles. The minimum Gasteiger partial charge on any atom is -0.0836 e. The van der Waals surface area contributed by atoms with E-state index in [0.29, 0.717) is 0 Å². The van der Waals surface area contributed by atoms with Gasteiger partial charge in [0.2, 0.25) is 0 Å². The van der Waals surface area contributed by atoms with E-state index in [1.54, 1.807) is 0 Å². The Morgan fingerprint density at radius 3 is 1.44 bits per heavy atom. The quantitative estimate of drug-likeness (QED) is 0.152. The fourth-order valence-electron chi connectivity index (χ4n) is 8.32. The standard InChI is InChI=1S/C57H44.C2H6/c1-41-17-6-2-13-26-52(48-22-11-5-12-23-48)54-27-14-15-28-55(54)57(41)56-40-50(37-38-53(56)51-25-16-24-49(39-51)43-20-9-4-10-21-43)47-35-33-46(34-36-47)45-31-29-44(30-32-45)42-18-7-3-8-19-42;1-2/h2-25,27-40,52H,26H2,1H3;1-2H3/b13-2+,17-6-,57-41-;. The van der Waals surface area contributed by atoms with Crippen LogP contribution in [-0.2, 0) is 0 Å². The fraction of sp³-hybridized carbons (Fsp3) is 0.0847. The molecular weight excluding hydrogens is 709 g/mol. The van der Waals surface area contributed by atoms with Crippen molar-refractivity contribution in [1.29, 1.82) is 0 Å². The number of allylic oxidation sites excluding steroid dienone is 5. The number of fused-ring (bicyclic) bond motifs is 1. The normalized spacial score (nSPS) is 15.9. The van der Waals surface area contributed by atoms with Crippen LogP contribution in [-0.4, -0.2) is 0 Å². The Labute approximate surface area is 351 Å². The second-order valence-electron chi connectivity index (χ2n) is 14.9. The zero-order valence-electron chi connectivity index (χ0n) is 34.2.